The van der Waals surface area contributed by atoms with E-state index in [4.69, 9.17) is 9.26 Å². The van der Waals surface area contributed by atoms with E-state index in [2.05, 4.69) is 35.8 Å². The van der Waals surface area contributed by atoms with Gasteiger partial charge in [-0.05, 0) is 20.8 Å². The molecule has 96 valence electrons. The number of nitrogens with zero attached hydrogens (tertiary/aromatic N) is 3. The van der Waals surface area contributed by atoms with Gasteiger partial charge in [0, 0.05) is 32.0 Å². The minimum absolute atomic E-state index is 0.167. The Morgan fingerprint density at radius 3 is 2.76 bits per heavy atom. The van der Waals surface area contributed by atoms with Crippen molar-refractivity contribution < 1.29 is 9.26 Å². The van der Waals surface area contributed by atoms with Crippen LogP contribution in [-0.4, -0.2) is 46.4 Å². The summed E-state index contributed by atoms with van der Waals surface area (Å²) in [4.78, 5) is 6.65. The average molecular weight is 239 g/mol. The highest BCUT2D eigenvalue weighted by Crippen LogP contribution is 2.18. The summed E-state index contributed by atoms with van der Waals surface area (Å²) in [5, 5.41) is 3.91. The zero-order valence-electron chi connectivity index (χ0n) is 11.1. The molecule has 17 heavy (non-hydrogen) atoms. The number of aromatic nitrogens is 2. The fourth-order valence-corrected chi connectivity index (χ4v) is 2.08. The van der Waals surface area contributed by atoms with Crippen LogP contribution in [0.5, 0.6) is 0 Å². The van der Waals surface area contributed by atoms with Gasteiger partial charge in [-0.2, -0.15) is 4.98 Å². The van der Waals surface area contributed by atoms with Gasteiger partial charge >= 0.3 is 0 Å². The minimum Gasteiger partial charge on any atom is -0.375 e. The summed E-state index contributed by atoms with van der Waals surface area (Å²) in [5.74, 6) is 1.35. The number of hydrogen-bond donors (Lipinski definition) is 0. The van der Waals surface area contributed by atoms with Crippen molar-refractivity contribution >= 4 is 0 Å². The summed E-state index contributed by atoms with van der Waals surface area (Å²) in [7, 11) is 0. The van der Waals surface area contributed by atoms with E-state index in [9.17, 15) is 0 Å². The minimum atomic E-state index is 0.167. The molecule has 0 saturated carbocycles. The molecule has 0 aromatic carbocycles. The Hall–Kier alpha value is -0.940. The standard InChI is InChI=1S/C12H21N3O2/c1-9-13-11(14-17-9)7-10-8-15(5-6-16-10)12(2,3)4/h10H,5-8H2,1-4H3. The predicted octanol–water partition coefficient (Wildman–Crippen LogP) is 1.42. The fourth-order valence-electron chi connectivity index (χ4n) is 2.08. The molecule has 0 N–H and O–H groups in total. The van der Waals surface area contributed by atoms with Crippen LogP contribution in [0.1, 0.15) is 32.5 Å². The molecule has 1 aliphatic rings. The molecule has 1 aromatic heterocycles. The lowest BCUT2D eigenvalue weighted by atomic mass is 10.0. The molecule has 5 nitrogen and oxygen atoms in total. The second-order valence-corrected chi connectivity index (χ2v) is 5.54. The van der Waals surface area contributed by atoms with Crippen LogP contribution in [0.4, 0.5) is 0 Å². The van der Waals surface area contributed by atoms with Gasteiger partial charge in [0.25, 0.3) is 0 Å². The van der Waals surface area contributed by atoms with Crippen LogP contribution in [0.3, 0.4) is 0 Å². The van der Waals surface area contributed by atoms with Crippen LogP contribution in [0, 0.1) is 6.92 Å². The summed E-state index contributed by atoms with van der Waals surface area (Å²) < 4.78 is 10.7. The van der Waals surface area contributed by atoms with Gasteiger partial charge in [-0.3, -0.25) is 4.90 Å². The van der Waals surface area contributed by atoms with Crippen molar-refractivity contribution in [1.29, 1.82) is 0 Å². The molecule has 1 unspecified atom stereocenters. The molecule has 1 aliphatic heterocycles. The first-order valence-electron chi connectivity index (χ1n) is 6.11. The first kappa shape index (κ1) is 12.5. The van der Waals surface area contributed by atoms with E-state index in [0.29, 0.717) is 5.89 Å². The Bertz CT molecular complexity index is 370. The maximum Gasteiger partial charge on any atom is 0.223 e. The summed E-state index contributed by atoms with van der Waals surface area (Å²) >= 11 is 0. The zero-order chi connectivity index (χ0) is 12.5. The lowest BCUT2D eigenvalue weighted by molar-refractivity contribution is -0.0580. The summed E-state index contributed by atoms with van der Waals surface area (Å²) in [6.45, 7) is 11.2. The van der Waals surface area contributed by atoms with E-state index in [-0.39, 0.29) is 11.6 Å². The highest BCUT2D eigenvalue weighted by molar-refractivity contribution is 4.90. The molecule has 0 radical (unpaired) electrons. The van der Waals surface area contributed by atoms with Crippen LogP contribution < -0.4 is 0 Å². The van der Waals surface area contributed by atoms with Crippen molar-refractivity contribution in [2.24, 2.45) is 0 Å². The van der Waals surface area contributed by atoms with Gasteiger partial charge in [-0.25, -0.2) is 0 Å². The highest BCUT2D eigenvalue weighted by Gasteiger charge is 2.29. The quantitative estimate of drug-likeness (QED) is 0.781. The first-order valence-corrected chi connectivity index (χ1v) is 6.11. The normalized spacial score (nSPS) is 22.9. The molecular formula is C12H21N3O2. The maximum atomic E-state index is 5.75. The van der Waals surface area contributed by atoms with Crippen LogP contribution in [-0.2, 0) is 11.2 Å². The molecule has 0 amide bonds. The molecule has 1 atom stereocenters. The number of rotatable bonds is 2. The fraction of sp³-hybridized carbons (Fsp3) is 0.833. The summed E-state index contributed by atoms with van der Waals surface area (Å²) in [5.41, 5.74) is 0.190. The van der Waals surface area contributed by atoms with Crippen molar-refractivity contribution in [2.75, 3.05) is 19.7 Å². The number of ether oxygens (including phenoxy) is 1. The van der Waals surface area contributed by atoms with Gasteiger partial charge < -0.3 is 9.26 Å². The van der Waals surface area contributed by atoms with Crippen molar-refractivity contribution in [3.05, 3.63) is 11.7 Å². The SMILES string of the molecule is Cc1nc(CC2CN(C(C)(C)C)CCO2)no1. The molecular weight excluding hydrogens is 218 g/mol. The van der Waals surface area contributed by atoms with Crippen LogP contribution in [0.2, 0.25) is 0 Å². The van der Waals surface area contributed by atoms with E-state index in [0.717, 1.165) is 31.9 Å². The Morgan fingerprint density at radius 1 is 1.41 bits per heavy atom. The molecule has 2 heterocycles. The maximum absolute atomic E-state index is 5.75. The van der Waals surface area contributed by atoms with Crippen LogP contribution in [0.15, 0.2) is 4.52 Å². The van der Waals surface area contributed by atoms with Crippen molar-refractivity contribution in [3.63, 3.8) is 0 Å². The molecule has 1 fully saturated rings. The molecule has 2 rings (SSSR count). The summed E-state index contributed by atoms with van der Waals surface area (Å²) in [6, 6.07) is 0. The van der Waals surface area contributed by atoms with Crippen molar-refractivity contribution in [2.45, 2.75) is 45.8 Å². The van der Waals surface area contributed by atoms with E-state index < -0.39 is 0 Å². The van der Waals surface area contributed by atoms with Crippen LogP contribution >= 0.6 is 0 Å². The lowest BCUT2D eigenvalue weighted by Crippen LogP contribution is -2.51. The Labute approximate surface area is 102 Å². The third-order valence-electron chi connectivity index (χ3n) is 3.07. The second kappa shape index (κ2) is 4.74. The molecule has 1 aromatic rings. The van der Waals surface area contributed by atoms with Gasteiger partial charge in [-0.1, -0.05) is 5.16 Å². The summed E-state index contributed by atoms with van der Waals surface area (Å²) in [6.07, 6.45) is 0.893. The van der Waals surface area contributed by atoms with E-state index >= 15 is 0 Å². The smallest absolute Gasteiger partial charge is 0.223 e. The number of hydrogen-bond acceptors (Lipinski definition) is 5. The second-order valence-electron chi connectivity index (χ2n) is 5.54. The van der Waals surface area contributed by atoms with E-state index in [1.165, 1.54) is 0 Å². The highest BCUT2D eigenvalue weighted by atomic mass is 16.5. The van der Waals surface area contributed by atoms with Gasteiger partial charge in [-0.15, -0.1) is 0 Å². The largest absolute Gasteiger partial charge is 0.375 e. The molecule has 0 bridgehead atoms. The topological polar surface area (TPSA) is 51.4 Å². The predicted molar refractivity (Wildman–Crippen MR) is 63.8 cm³/mol. The van der Waals surface area contributed by atoms with Crippen molar-refractivity contribution in [1.82, 2.24) is 15.0 Å². The Kier molecular flexibility index (Phi) is 3.49. The molecule has 0 spiro atoms. The monoisotopic (exact) mass is 239 g/mol. The van der Waals surface area contributed by atoms with Crippen LogP contribution in [0.25, 0.3) is 0 Å². The van der Waals surface area contributed by atoms with Gasteiger partial charge in [0.15, 0.2) is 5.82 Å². The number of aryl methyl sites for hydroxylation is 1. The molecule has 0 aliphatic carbocycles. The van der Waals surface area contributed by atoms with Crippen molar-refractivity contribution in [3.8, 4) is 0 Å². The Morgan fingerprint density at radius 2 is 2.18 bits per heavy atom. The van der Waals surface area contributed by atoms with E-state index in [1.807, 2.05) is 0 Å². The Balaban J connectivity index is 1.94. The molecule has 1 saturated heterocycles. The molecule has 5 heteroatoms. The lowest BCUT2D eigenvalue weighted by Gasteiger charge is -2.41. The first-order chi connectivity index (χ1) is 7.95. The van der Waals surface area contributed by atoms with Gasteiger partial charge in [0.1, 0.15) is 0 Å². The van der Waals surface area contributed by atoms with Gasteiger partial charge in [0.05, 0.1) is 12.7 Å². The third-order valence-corrected chi connectivity index (χ3v) is 3.07. The van der Waals surface area contributed by atoms with Gasteiger partial charge in [0.2, 0.25) is 5.89 Å². The van der Waals surface area contributed by atoms with E-state index in [1.54, 1.807) is 6.92 Å². The zero-order valence-corrected chi connectivity index (χ0v) is 11.1. The average Bonchev–Trinajstić information content (AvgIpc) is 2.63. The number of morpholine rings is 1. The third kappa shape index (κ3) is 3.26.